The van der Waals surface area contributed by atoms with Crippen molar-refractivity contribution in [3.05, 3.63) is 58.4 Å². The van der Waals surface area contributed by atoms with Crippen LogP contribution in [0.4, 0.5) is 5.69 Å². The van der Waals surface area contributed by atoms with Crippen LogP contribution >= 0.6 is 0 Å². The Kier molecular flexibility index (Phi) is 4.13. The highest BCUT2D eigenvalue weighted by atomic mass is 16.5. The molecule has 3 aromatic rings. The zero-order valence-corrected chi connectivity index (χ0v) is 17.2. The molecule has 0 saturated carbocycles. The third-order valence-corrected chi connectivity index (χ3v) is 5.75. The second-order valence-electron chi connectivity index (χ2n) is 7.43. The molecular weight excluding hydrogens is 384 g/mol. The first-order valence-electron chi connectivity index (χ1n) is 9.65. The predicted octanol–water partition coefficient (Wildman–Crippen LogP) is 3.87. The van der Waals surface area contributed by atoms with Crippen molar-refractivity contribution in [3.8, 4) is 17.2 Å². The average Bonchev–Trinajstić information content (AvgIpc) is 3.32. The quantitative estimate of drug-likeness (QED) is 0.640. The van der Waals surface area contributed by atoms with E-state index in [4.69, 9.17) is 18.9 Å². The van der Waals surface area contributed by atoms with E-state index in [2.05, 4.69) is 22.4 Å². The van der Waals surface area contributed by atoms with E-state index in [1.165, 1.54) is 0 Å². The molecule has 0 radical (unpaired) electrons. The van der Waals surface area contributed by atoms with Gasteiger partial charge in [-0.05, 0) is 36.8 Å². The first kappa shape index (κ1) is 18.4. The molecule has 0 fully saturated rings. The summed E-state index contributed by atoms with van der Waals surface area (Å²) in [7, 11) is 4.73. The molecule has 0 amide bonds. The van der Waals surface area contributed by atoms with E-state index >= 15 is 0 Å². The van der Waals surface area contributed by atoms with Gasteiger partial charge in [-0.15, -0.1) is 0 Å². The average molecular weight is 406 g/mol. The van der Waals surface area contributed by atoms with Gasteiger partial charge >= 0.3 is 5.97 Å². The van der Waals surface area contributed by atoms with Crippen molar-refractivity contribution in [2.45, 2.75) is 12.8 Å². The molecule has 2 aliphatic rings. The molecule has 2 aromatic carbocycles. The molecule has 0 bridgehead atoms. The second-order valence-corrected chi connectivity index (χ2v) is 7.43. The fourth-order valence-electron chi connectivity index (χ4n) is 4.49. The summed E-state index contributed by atoms with van der Waals surface area (Å²) in [6.45, 7) is 2.25. The highest BCUT2D eigenvalue weighted by molar-refractivity contribution is 6.01. The fraction of sp³-hybridized carbons (Fsp3) is 0.261. The second kappa shape index (κ2) is 6.73. The zero-order valence-electron chi connectivity index (χ0n) is 17.2. The Hall–Kier alpha value is -3.61. The lowest BCUT2D eigenvalue weighted by Gasteiger charge is -2.28. The van der Waals surface area contributed by atoms with Crippen LogP contribution in [0.1, 0.15) is 22.7 Å². The maximum atomic E-state index is 12.8. The van der Waals surface area contributed by atoms with Crippen molar-refractivity contribution in [1.29, 1.82) is 0 Å². The molecule has 3 heterocycles. The molecule has 1 aromatic heterocycles. The summed E-state index contributed by atoms with van der Waals surface area (Å²) in [4.78, 5) is 16.2. The van der Waals surface area contributed by atoms with Gasteiger partial charge in [0.1, 0.15) is 6.61 Å². The molecule has 1 atom stereocenters. The van der Waals surface area contributed by atoms with E-state index in [9.17, 15) is 4.79 Å². The Bertz CT molecular complexity index is 1200. The van der Waals surface area contributed by atoms with Gasteiger partial charge in [-0.3, -0.25) is 0 Å². The number of carbonyl (C=O) groups is 1. The lowest BCUT2D eigenvalue weighted by molar-refractivity contribution is -0.136. The first-order valence-corrected chi connectivity index (χ1v) is 9.65. The van der Waals surface area contributed by atoms with Crippen LogP contribution in [0.3, 0.4) is 0 Å². The van der Waals surface area contributed by atoms with Crippen LogP contribution < -0.4 is 19.5 Å². The number of carbonyl (C=O) groups excluding carboxylic acids is 1. The number of nitrogens with one attached hydrogen (secondary N) is 2. The number of hydrogen-bond acceptors (Lipinski definition) is 6. The van der Waals surface area contributed by atoms with Crippen LogP contribution in [0, 0.1) is 6.92 Å². The molecule has 0 aliphatic carbocycles. The Balaban J connectivity index is 1.82. The van der Waals surface area contributed by atoms with Gasteiger partial charge in [0.2, 0.25) is 5.75 Å². The summed E-state index contributed by atoms with van der Waals surface area (Å²) in [6.07, 6.45) is 0. The number of cyclic esters (lactones) is 1. The van der Waals surface area contributed by atoms with Gasteiger partial charge in [0.25, 0.3) is 0 Å². The summed E-state index contributed by atoms with van der Waals surface area (Å²) < 4.78 is 22.0. The van der Waals surface area contributed by atoms with Crippen LogP contribution in [-0.4, -0.2) is 38.9 Å². The summed E-state index contributed by atoms with van der Waals surface area (Å²) in [5.41, 5.74) is 6.23. The number of methoxy groups -OCH3 is 3. The van der Waals surface area contributed by atoms with Crippen LogP contribution in [0.5, 0.6) is 17.2 Å². The van der Waals surface area contributed by atoms with Crippen LogP contribution in [0.25, 0.3) is 10.9 Å². The first-order chi connectivity index (χ1) is 14.5. The van der Waals surface area contributed by atoms with Gasteiger partial charge < -0.3 is 29.2 Å². The molecule has 30 heavy (non-hydrogen) atoms. The summed E-state index contributed by atoms with van der Waals surface area (Å²) >= 11 is 0. The van der Waals surface area contributed by atoms with E-state index in [1.54, 1.807) is 21.3 Å². The van der Waals surface area contributed by atoms with Gasteiger partial charge in [-0.2, -0.15) is 0 Å². The fourth-order valence-corrected chi connectivity index (χ4v) is 4.49. The SMILES string of the molecule is COc1cc(C2C3=C(COC3=O)Nc3ccc4cc(C)[nH]c4c32)cc(OC)c1OC. The molecule has 2 N–H and O–H groups in total. The number of aryl methyl sites for hydroxylation is 1. The zero-order chi connectivity index (χ0) is 21.0. The molecule has 7 nitrogen and oxygen atoms in total. The number of H-pyrrole nitrogens is 1. The number of anilines is 1. The van der Waals surface area contributed by atoms with Crippen molar-refractivity contribution in [1.82, 2.24) is 4.98 Å². The standard InChI is InChI=1S/C23H22N2O5/c1-11-7-12-5-6-14-19(21(12)24-11)18(20-15(25-14)10-30-23(20)26)13-8-16(27-2)22(29-4)17(9-13)28-3/h5-9,18,24-25H,10H2,1-4H3. The lowest BCUT2D eigenvalue weighted by Crippen LogP contribution is -2.20. The van der Waals surface area contributed by atoms with E-state index in [1.807, 2.05) is 25.1 Å². The molecule has 0 spiro atoms. The van der Waals surface area contributed by atoms with E-state index in [0.29, 0.717) is 22.8 Å². The largest absolute Gasteiger partial charge is 0.493 e. The lowest BCUT2D eigenvalue weighted by atomic mass is 9.80. The van der Waals surface area contributed by atoms with Gasteiger partial charge in [-0.1, -0.05) is 6.07 Å². The molecule has 154 valence electrons. The number of aromatic amines is 1. The predicted molar refractivity (Wildman–Crippen MR) is 113 cm³/mol. The van der Waals surface area contributed by atoms with Gasteiger partial charge in [-0.25, -0.2) is 4.79 Å². The van der Waals surface area contributed by atoms with E-state index < -0.39 is 0 Å². The number of hydrogen-bond donors (Lipinski definition) is 2. The van der Waals surface area contributed by atoms with Gasteiger partial charge in [0.05, 0.1) is 38.1 Å². The minimum absolute atomic E-state index is 0.232. The number of esters is 1. The number of ether oxygens (including phenoxy) is 4. The number of aromatic nitrogens is 1. The van der Waals surface area contributed by atoms with E-state index in [0.717, 1.165) is 39.1 Å². The monoisotopic (exact) mass is 406 g/mol. The topological polar surface area (TPSA) is 81.8 Å². The molecule has 5 rings (SSSR count). The number of fused-ring (bicyclic) bond motifs is 3. The Morgan fingerprint density at radius 3 is 2.43 bits per heavy atom. The molecule has 2 aliphatic heterocycles. The van der Waals surface area contributed by atoms with Crippen molar-refractivity contribution in [2.24, 2.45) is 0 Å². The smallest absolute Gasteiger partial charge is 0.337 e. The molecule has 7 heteroatoms. The third kappa shape index (κ3) is 2.55. The highest BCUT2D eigenvalue weighted by Crippen LogP contribution is 2.50. The Labute approximate surface area is 173 Å². The molecule has 1 unspecified atom stereocenters. The van der Waals surface area contributed by atoms with Crippen LogP contribution in [0.2, 0.25) is 0 Å². The Morgan fingerprint density at radius 2 is 1.77 bits per heavy atom. The normalized spacial score (nSPS) is 17.3. The third-order valence-electron chi connectivity index (χ3n) is 5.75. The highest BCUT2D eigenvalue weighted by Gasteiger charge is 2.40. The summed E-state index contributed by atoms with van der Waals surface area (Å²) in [6, 6.07) is 10.00. The molecular formula is C23H22N2O5. The Morgan fingerprint density at radius 1 is 1.03 bits per heavy atom. The van der Waals surface area contributed by atoms with Crippen LogP contribution in [0.15, 0.2) is 41.6 Å². The maximum absolute atomic E-state index is 12.8. The minimum Gasteiger partial charge on any atom is -0.493 e. The van der Waals surface area contributed by atoms with E-state index in [-0.39, 0.29) is 18.5 Å². The number of rotatable bonds is 4. The summed E-state index contributed by atoms with van der Waals surface area (Å²) in [5.74, 6) is 0.921. The van der Waals surface area contributed by atoms with Crippen molar-refractivity contribution >= 4 is 22.6 Å². The van der Waals surface area contributed by atoms with Crippen molar-refractivity contribution in [3.63, 3.8) is 0 Å². The maximum Gasteiger partial charge on any atom is 0.337 e. The van der Waals surface area contributed by atoms with Gasteiger partial charge in [0, 0.05) is 28.2 Å². The van der Waals surface area contributed by atoms with Crippen molar-refractivity contribution < 1.29 is 23.7 Å². The summed E-state index contributed by atoms with van der Waals surface area (Å²) in [5, 5.41) is 4.48. The minimum atomic E-state index is -0.346. The van der Waals surface area contributed by atoms with Crippen LogP contribution in [-0.2, 0) is 9.53 Å². The van der Waals surface area contributed by atoms with Crippen molar-refractivity contribution in [2.75, 3.05) is 33.3 Å². The molecule has 0 saturated heterocycles. The number of benzene rings is 2. The van der Waals surface area contributed by atoms with Gasteiger partial charge in [0.15, 0.2) is 11.5 Å².